The maximum atomic E-state index is 13.5. The molecule has 9 heteroatoms. The molecule has 1 amide bonds. The summed E-state index contributed by atoms with van der Waals surface area (Å²) in [7, 11) is 6.10. The van der Waals surface area contributed by atoms with E-state index in [4.69, 9.17) is 18.9 Å². The lowest BCUT2D eigenvalue weighted by Crippen LogP contribution is -2.38. The minimum Gasteiger partial charge on any atom is -0.507 e. The molecule has 1 fully saturated rings. The summed E-state index contributed by atoms with van der Waals surface area (Å²) in [5, 5.41) is 11.6. The van der Waals surface area contributed by atoms with E-state index in [2.05, 4.69) is 4.90 Å². The molecular formula is C30H40N2O7. The number of carbonyl (C=O) groups is 2. The van der Waals surface area contributed by atoms with Crippen LogP contribution in [-0.4, -0.2) is 81.2 Å². The van der Waals surface area contributed by atoms with E-state index in [9.17, 15) is 14.7 Å². The summed E-state index contributed by atoms with van der Waals surface area (Å²) in [5.74, 6) is 0.285. The van der Waals surface area contributed by atoms with Gasteiger partial charge in [0.05, 0.1) is 40.1 Å². The summed E-state index contributed by atoms with van der Waals surface area (Å²) in [6.07, 6.45) is 0. The number of benzene rings is 2. The predicted octanol–water partition coefficient (Wildman–Crippen LogP) is 4.61. The van der Waals surface area contributed by atoms with Crippen LogP contribution in [0, 0.1) is 0 Å². The Morgan fingerprint density at radius 3 is 2.00 bits per heavy atom. The van der Waals surface area contributed by atoms with Gasteiger partial charge in [-0.3, -0.25) is 9.59 Å². The maximum absolute atomic E-state index is 13.5. The highest BCUT2D eigenvalue weighted by Gasteiger charge is 2.46. The van der Waals surface area contributed by atoms with Gasteiger partial charge in [0.2, 0.25) is 5.75 Å². The van der Waals surface area contributed by atoms with Gasteiger partial charge in [0.1, 0.15) is 11.5 Å². The van der Waals surface area contributed by atoms with Crippen LogP contribution in [0.1, 0.15) is 56.3 Å². The number of likely N-dealkylation sites (N-methyl/N-ethyl adjacent to an activating group) is 1. The number of hydrogen-bond acceptors (Lipinski definition) is 8. The molecule has 1 aliphatic heterocycles. The Hall–Kier alpha value is -3.72. The highest BCUT2D eigenvalue weighted by Crippen LogP contribution is 2.46. The van der Waals surface area contributed by atoms with Gasteiger partial charge in [0.15, 0.2) is 11.5 Å². The van der Waals surface area contributed by atoms with E-state index >= 15 is 0 Å². The molecule has 39 heavy (non-hydrogen) atoms. The Morgan fingerprint density at radius 2 is 1.51 bits per heavy atom. The first-order chi connectivity index (χ1) is 18.7. The number of Topliss-reactive ketones (excluding diaryl/α,β-unsaturated/α-hetero) is 1. The number of ketones is 1. The molecule has 0 aromatic heterocycles. The van der Waals surface area contributed by atoms with Gasteiger partial charge in [-0.1, -0.05) is 27.7 Å². The summed E-state index contributed by atoms with van der Waals surface area (Å²) in [5.41, 5.74) is 1.87. The maximum Gasteiger partial charge on any atom is 0.295 e. The van der Waals surface area contributed by atoms with Gasteiger partial charge in [0, 0.05) is 18.7 Å². The van der Waals surface area contributed by atoms with Crippen LogP contribution in [0.3, 0.4) is 0 Å². The van der Waals surface area contributed by atoms with Gasteiger partial charge >= 0.3 is 0 Å². The molecule has 0 saturated carbocycles. The molecule has 0 spiro atoms. The van der Waals surface area contributed by atoms with Gasteiger partial charge in [-0.15, -0.1) is 0 Å². The topological polar surface area (TPSA) is 97.8 Å². The summed E-state index contributed by atoms with van der Waals surface area (Å²) in [6, 6.07) is 7.81. The van der Waals surface area contributed by atoms with Crippen LogP contribution in [-0.2, 0) is 9.59 Å². The molecule has 1 heterocycles. The standard InChI is InChI=1S/C30H40N2O7/c1-9-31(10-2)13-14-32-26(20-16-23(37-6)29(39-8)24(17-20)38-7)25(28(34)30(32)35)27(33)19-11-12-22(36-5)21(15-19)18(3)4/h11-12,15-18,26,33H,9-10,13-14H2,1-8H3/b27-25+. The zero-order valence-corrected chi connectivity index (χ0v) is 24.2. The fourth-order valence-electron chi connectivity index (χ4n) is 4.99. The Kier molecular flexibility index (Phi) is 9.86. The van der Waals surface area contributed by atoms with Gasteiger partial charge < -0.3 is 33.9 Å². The van der Waals surface area contributed by atoms with Crippen molar-refractivity contribution in [1.82, 2.24) is 9.80 Å². The van der Waals surface area contributed by atoms with Crippen LogP contribution < -0.4 is 18.9 Å². The number of methoxy groups -OCH3 is 4. The number of hydrogen-bond donors (Lipinski definition) is 1. The first kappa shape index (κ1) is 29.8. The molecular weight excluding hydrogens is 500 g/mol. The number of ether oxygens (including phenoxy) is 4. The third-order valence-corrected chi connectivity index (χ3v) is 7.22. The average molecular weight is 541 g/mol. The van der Waals surface area contributed by atoms with Gasteiger partial charge in [-0.2, -0.15) is 0 Å². The van der Waals surface area contributed by atoms with Crippen molar-refractivity contribution < 1.29 is 33.6 Å². The van der Waals surface area contributed by atoms with Crippen molar-refractivity contribution in [1.29, 1.82) is 0 Å². The van der Waals surface area contributed by atoms with E-state index in [1.54, 1.807) is 37.4 Å². The molecule has 2 aromatic carbocycles. The van der Waals surface area contributed by atoms with Gasteiger partial charge in [0.25, 0.3) is 11.7 Å². The molecule has 0 bridgehead atoms. The average Bonchev–Trinajstić information content (AvgIpc) is 3.20. The van der Waals surface area contributed by atoms with Crippen LogP contribution in [0.15, 0.2) is 35.9 Å². The third-order valence-electron chi connectivity index (χ3n) is 7.22. The first-order valence-corrected chi connectivity index (χ1v) is 13.2. The summed E-state index contributed by atoms with van der Waals surface area (Å²) >= 11 is 0. The molecule has 3 rings (SSSR count). The summed E-state index contributed by atoms with van der Waals surface area (Å²) < 4.78 is 22.1. The zero-order valence-electron chi connectivity index (χ0n) is 24.2. The largest absolute Gasteiger partial charge is 0.507 e. The van der Waals surface area contributed by atoms with Crippen molar-refractivity contribution in [2.24, 2.45) is 0 Å². The van der Waals surface area contributed by atoms with E-state index in [1.165, 1.54) is 26.2 Å². The van der Waals surface area contributed by atoms with Crippen molar-refractivity contribution in [3.8, 4) is 23.0 Å². The summed E-state index contributed by atoms with van der Waals surface area (Å²) in [6.45, 7) is 10.6. The molecule has 1 atom stereocenters. The number of likely N-dealkylation sites (tertiary alicyclic amines) is 1. The van der Waals surface area contributed by atoms with E-state index < -0.39 is 17.7 Å². The smallest absolute Gasteiger partial charge is 0.295 e. The molecule has 2 aromatic rings. The fourth-order valence-corrected chi connectivity index (χ4v) is 4.99. The summed E-state index contributed by atoms with van der Waals surface area (Å²) in [4.78, 5) is 30.7. The van der Waals surface area contributed by atoms with Crippen molar-refractivity contribution in [3.05, 3.63) is 52.6 Å². The molecule has 1 saturated heterocycles. The molecule has 0 aliphatic carbocycles. The predicted molar refractivity (Wildman–Crippen MR) is 150 cm³/mol. The Labute approximate surface area is 230 Å². The van der Waals surface area contributed by atoms with E-state index in [0.717, 1.165) is 18.7 Å². The number of carbonyl (C=O) groups excluding carboxylic acids is 2. The molecule has 1 unspecified atom stereocenters. The Bertz CT molecular complexity index is 1210. The van der Waals surface area contributed by atoms with Crippen LogP contribution >= 0.6 is 0 Å². The highest BCUT2D eigenvalue weighted by atomic mass is 16.5. The molecule has 1 aliphatic rings. The fraction of sp³-hybridized carbons (Fsp3) is 0.467. The van der Waals surface area contributed by atoms with Crippen LogP contribution in [0.5, 0.6) is 23.0 Å². The van der Waals surface area contributed by atoms with E-state index in [1.807, 2.05) is 27.7 Å². The van der Waals surface area contributed by atoms with Crippen molar-refractivity contribution in [3.63, 3.8) is 0 Å². The lowest BCUT2D eigenvalue weighted by molar-refractivity contribution is -0.140. The number of nitrogens with zero attached hydrogens (tertiary/aromatic N) is 2. The number of rotatable bonds is 12. The minimum absolute atomic E-state index is 0.00805. The van der Waals surface area contributed by atoms with Gasteiger partial charge in [-0.25, -0.2) is 0 Å². The lowest BCUT2D eigenvalue weighted by Gasteiger charge is -2.29. The highest BCUT2D eigenvalue weighted by molar-refractivity contribution is 6.46. The second-order valence-electron chi connectivity index (χ2n) is 9.59. The number of aliphatic hydroxyl groups excluding tert-OH is 1. The molecule has 1 N–H and O–H groups in total. The van der Waals surface area contributed by atoms with E-state index in [0.29, 0.717) is 47.2 Å². The third kappa shape index (κ3) is 5.83. The second-order valence-corrected chi connectivity index (χ2v) is 9.59. The minimum atomic E-state index is -0.862. The molecule has 0 radical (unpaired) electrons. The number of amides is 1. The van der Waals surface area contributed by atoms with Gasteiger partial charge in [-0.05, 0) is 60.5 Å². The van der Waals surface area contributed by atoms with Crippen molar-refractivity contribution >= 4 is 17.4 Å². The molecule has 212 valence electrons. The van der Waals surface area contributed by atoms with Crippen LogP contribution in [0.25, 0.3) is 5.76 Å². The van der Waals surface area contributed by atoms with E-state index in [-0.39, 0.29) is 17.3 Å². The zero-order chi connectivity index (χ0) is 28.9. The Balaban J connectivity index is 2.27. The monoisotopic (exact) mass is 540 g/mol. The van der Waals surface area contributed by atoms with Crippen molar-refractivity contribution in [2.75, 3.05) is 54.6 Å². The normalized spacial score (nSPS) is 16.8. The van der Waals surface area contributed by atoms with Crippen LogP contribution in [0.4, 0.5) is 0 Å². The first-order valence-electron chi connectivity index (χ1n) is 13.2. The molecule has 9 nitrogen and oxygen atoms in total. The quantitative estimate of drug-likeness (QED) is 0.237. The van der Waals surface area contributed by atoms with Crippen LogP contribution in [0.2, 0.25) is 0 Å². The van der Waals surface area contributed by atoms with Crippen molar-refractivity contribution in [2.45, 2.75) is 39.7 Å². The lowest BCUT2D eigenvalue weighted by atomic mass is 9.92. The second kappa shape index (κ2) is 12.9. The SMILES string of the molecule is CCN(CC)CCN1C(=O)C(=O)/C(=C(/O)c2ccc(OC)c(C(C)C)c2)C1c1cc(OC)c(OC)c(OC)c1. The Morgan fingerprint density at radius 1 is 0.923 bits per heavy atom. The number of aliphatic hydroxyl groups is 1.